The van der Waals surface area contributed by atoms with Crippen LogP contribution in [0.25, 0.3) is 21.1 Å². The molecule has 26 heavy (non-hydrogen) atoms. The Morgan fingerprint density at radius 2 is 2.04 bits per heavy atom. The number of aromatic amines is 1. The fourth-order valence-corrected chi connectivity index (χ4v) is 5.39. The van der Waals surface area contributed by atoms with E-state index in [1.807, 2.05) is 0 Å². The molecule has 1 aromatic carbocycles. The number of nitrogens with zero attached hydrogens (tertiary/aromatic N) is 2. The molecule has 0 aliphatic heterocycles. The van der Waals surface area contributed by atoms with E-state index >= 15 is 0 Å². The third kappa shape index (κ3) is 2.75. The van der Waals surface area contributed by atoms with Crippen molar-refractivity contribution < 1.29 is 0 Å². The number of hydrogen-bond donors (Lipinski definition) is 2. The molecule has 0 spiro atoms. The average molecular weight is 383 g/mol. The lowest BCUT2D eigenvalue weighted by molar-refractivity contribution is 0.700. The minimum absolute atomic E-state index is 0.325. The van der Waals surface area contributed by atoms with Gasteiger partial charge in [0.25, 0.3) is 0 Å². The van der Waals surface area contributed by atoms with Crippen LogP contribution in [0.5, 0.6) is 0 Å². The van der Waals surface area contributed by atoms with Crippen LogP contribution in [0.1, 0.15) is 28.8 Å². The van der Waals surface area contributed by atoms with Crippen LogP contribution in [0.4, 0.5) is 5.82 Å². The number of aryl methyl sites for hydroxylation is 2. The highest BCUT2D eigenvalue weighted by atomic mass is 35.5. The largest absolute Gasteiger partial charge is 0.369 e. The fourth-order valence-electron chi connectivity index (χ4n) is 3.91. The Morgan fingerprint density at radius 1 is 1.15 bits per heavy atom. The molecule has 0 radical (unpaired) electrons. The number of fused-ring (bicyclic) bond motifs is 4. The van der Waals surface area contributed by atoms with Gasteiger partial charge in [0, 0.05) is 28.5 Å². The SMILES string of the molecule is Clc1nc(NCCc2c[nH]c3ccccc23)c2c3c(sc2n1)CCCC3. The maximum atomic E-state index is 6.18. The van der Waals surface area contributed by atoms with E-state index in [-0.39, 0.29) is 0 Å². The molecule has 0 saturated heterocycles. The van der Waals surface area contributed by atoms with Crippen LogP contribution in [0.15, 0.2) is 30.5 Å². The first-order valence-electron chi connectivity index (χ1n) is 9.06. The summed E-state index contributed by atoms with van der Waals surface area (Å²) < 4.78 is 0. The number of H-pyrrole nitrogens is 1. The Morgan fingerprint density at radius 3 is 3.00 bits per heavy atom. The second-order valence-electron chi connectivity index (χ2n) is 6.77. The molecule has 6 heteroatoms. The first-order valence-corrected chi connectivity index (χ1v) is 10.3. The molecule has 0 fully saturated rings. The summed E-state index contributed by atoms with van der Waals surface area (Å²) in [5.41, 5.74) is 3.93. The lowest BCUT2D eigenvalue weighted by Gasteiger charge is -2.12. The summed E-state index contributed by atoms with van der Waals surface area (Å²) in [5.74, 6) is 0.888. The molecule has 0 bridgehead atoms. The van der Waals surface area contributed by atoms with E-state index in [2.05, 4.69) is 50.7 Å². The monoisotopic (exact) mass is 382 g/mol. The maximum absolute atomic E-state index is 6.18. The van der Waals surface area contributed by atoms with E-state index in [4.69, 9.17) is 11.6 Å². The van der Waals surface area contributed by atoms with Crippen molar-refractivity contribution in [2.45, 2.75) is 32.1 Å². The third-order valence-electron chi connectivity index (χ3n) is 5.15. The summed E-state index contributed by atoms with van der Waals surface area (Å²) in [4.78, 5) is 14.8. The fraction of sp³-hybridized carbons (Fsp3) is 0.300. The summed E-state index contributed by atoms with van der Waals surface area (Å²) in [7, 11) is 0. The molecule has 0 unspecified atom stereocenters. The number of hydrogen-bond acceptors (Lipinski definition) is 4. The molecule has 132 valence electrons. The summed E-state index contributed by atoms with van der Waals surface area (Å²) in [6.45, 7) is 0.814. The number of anilines is 1. The van der Waals surface area contributed by atoms with Crippen molar-refractivity contribution in [1.29, 1.82) is 0 Å². The van der Waals surface area contributed by atoms with E-state index < -0.39 is 0 Å². The minimum atomic E-state index is 0.325. The maximum Gasteiger partial charge on any atom is 0.225 e. The molecule has 4 aromatic rings. The van der Waals surface area contributed by atoms with Gasteiger partial charge in [-0.15, -0.1) is 11.3 Å². The second kappa shape index (κ2) is 6.56. The average Bonchev–Trinajstić information content (AvgIpc) is 3.22. The summed E-state index contributed by atoms with van der Waals surface area (Å²) >= 11 is 7.96. The van der Waals surface area contributed by atoms with Crippen molar-refractivity contribution in [2.75, 3.05) is 11.9 Å². The topological polar surface area (TPSA) is 53.6 Å². The molecule has 1 aliphatic carbocycles. The highest BCUT2D eigenvalue weighted by Gasteiger charge is 2.20. The molecule has 0 amide bonds. The Balaban J connectivity index is 1.43. The van der Waals surface area contributed by atoms with Crippen molar-refractivity contribution in [3.8, 4) is 0 Å². The Kier molecular flexibility index (Phi) is 4.06. The number of aromatic nitrogens is 3. The molecule has 3 heterocycles. The molecule has 1 aliphatic rings. The number of nitrogens with one attached hydrogen (secondary N) is 2. The minimum Gasteiger partial charge on any atom is -0.369 e. The third-order valence-corrected chi connectivity index (χ3v) is 6.50. The summed E-state index contributed by atoms with van der Waals surface area (Å²) in [6, 6.07) is 8.41. The van der Waals surface area contributed by atoms with E-state index in [0.717, 1.165) is 36.5 Å². The highest BCUT2D eigenvalue weighted by molar-refractivity contribution is 7.19. The normalized spacial score (nSPS) is 14.0. The predicted molar refractivity (Wildman–Crippen MR) is 110 cm³/mol. The first kappa shape index (κ1) is 16.1. The van der Waals surface area contributed by atoms with Gasteiger partial charge >= 0.3 is 0 Å². The van der Waals surface area contributed by atoms with Gasteiger partial charge in [0.1, 0.15) is 10.6 Å². The van der Waals surface area contributed by atoms with Gasteiger partial charge in [0.15, 0.2) is 0 Å². The van der Waals surface area contributed by atoms with Gasteiger partial charge in [-0.1, -0.05) is 18.2 Å². The van der Waals surface area contributed by atoms with Crippen molar-refractivity contribution in [2.24, 2.45) is 0 Å². The molecule has 4 nitrogen and oxygen atoms in total. The quantitative estimate of drug-likeness (QED) is 0.467. The number of para-hydroxylation sites is 1. The lowest BCUT2D eigenvalue weighted by atomic mass is 9.97. The Hall–Kier alpha value is -2.11. The van der Waals surface area contributed by atoms with E-state index in [1.54, 1.807) is 11.3 Å². The Bertz CT molecular complexity index is 1100. The van der Waals surface area contributed by atoms with Crippen molar-refractivity contribution >= 4 is 49.9 Å². The van der Waals surface area contributed by atoms with Gasteiger partial charge in [-0.3, -0.25) is 0 Å². The molecule has 5 rings (SSSR count). The number of benzene rings is 1. The Labute approximate surface area is 160 Å². The van der Waals surface area contributed by atoms with E-state index in [1.165, 1.54) is 45.1 Å². The zero-order valence-electron chi connectivity index (χ0n) is 14.3. The lowest BCUT2D eigenvalue weighted by Crippen LogP contribution is -2.08. The van der Waals surface area contributed by atoms with Crippen LogP contribution >= 0.6 is 22.9 Å². The van der Waals surface area contributed by atoms with Crippen LogP contribution in [0.3, 0.4) is 0 Å². The molecular formula is C20H19ClN4S. The van der Waals surface area contributed by atoms with Gasteiger partial charge < -0.3 is 10.3 Å². The smallest absolute Gasteiger partial charge is 0.225 e. The molecule has 0 atom stereocenters. The van der Waals surface area contributed by atoms with E-state index in [0.29, 0.717) is 5.28 Å². The second-order valence-corrected chi connectivity index (χ2v) is 8.19. The molecular weight excluding hydrogens is 364 g/mol. The highest BCUT2D eigenvalue weighted by Crippen LogP contribution is 2.39. The van der Waals surface area contributed by atoms with Gasteiger partial charge in [-0.05, 0) is 60.9 Å². The van der Waals surface area contributed by atoms with Crippen LogP contribution < -0.4 is 5.32 Å². The summed E-state index contributed by atoms with van der Waals surface area (Å²) in [6.07, 6.45) is 7.82. The standard InChI is InChI=1S/C20H19ClN4S/c21-20-24-18(17-14-6-2-4-8-16(14)26-19(17)25-20)22-10-9-12-11-23-15-7-3-1-5-13(12)15/h1,3,5,7,11,23H,2,4,6,8-10H2,(H,22,24,25). The zero-order valence-corrected chi connectivity index (χ0v) is 15.9. The van der Waals surface area contributed by atoms with Crippen LogP contribution in [-0.2, 0) is 19.3 Å². The first-order chi connectivity index (χ1) is 12.8. The number of rotatable bonds is 4. The van der Waals surface area contributed by atoms with Gasteiger partial charge in [0.05, 0.1) is 5.39 Å². The van der Waals surface area contributed by atoms with Gasteiger partial charge in [-0.2, -0.15) is 0 Å². The summed E-state index contributed by atoms with van der Waals surface area (Å²) in [5, 5.41) is 6.32. The van der Waals surface area contributed by atoms with Crippen LogP contribution in [0.2, 0.25) is 5.28 Å². The van der Waals surface area contributed by atoms with Crippen molar-refractivity contribution in [3.63, 3.8) is 0 Å². The van der Waals surface area contributed by atoms with Crippen molar-refractivity contribution in [3.05, 3.63) is 51.7 Å². The predicted octanol–water partition coefficient (Wildman–Crippen LogP) is 5.36. The van der Waals surface area contributed by atoms with Crippen LogP contribution in [-0.4, -0.2) is 21.5 Å². The van der Waals surface area contributed by atoms with E-state index in [9.17, 15) is 0 Å². The number of thiophene rings is 1. The molecule has 2 N–H and O–H groups in total. The van der Waals surface area contributed by atoms with Crippen LogP contribution in [0, 0.1) is 0 Å². The zero-order chi connectivity index (χ0) is 17.5. The van der Waals surface area contributed by atoms with Gasteiger partial charge in [0.2, 0.25) is 5.28 Å². The van der Waals surface area contributed by atoms with Gasteiger partial charge in [-0.25, -0.2) is 9.97 Å². The molecule has 0 saturated carbocycles. The number of halogens is 1. The van der Waals surface area contributed by atoms with Crippen molar-refractivity contribution in [1.82, 2.24) is 15.0 Å². The molecule has 3 aromatic heterocycles.